The summed E-state index contributed by atoms with van der Waals surface area (Å²) in [4.78, 5) is 0. The lowest BCUT2D eigenvalue weighted by molar-refractivity contribution is -0.0793. The summed E-state index contributed by atoms with van der Waals surface area (Å²) >= 11 is 0. The molecule has 4 N–H and O–H groups in total. The van der Waals surface area contributed by atoms with E-state index in [1.54, 1.807) is 32.9 Å². The molecular formula is C20H36O4. The molecule has 0 radical (unpaired) electrons. The van der Waals surface area contributed by atoms with Crippen LogP contribution in [0.4, 0.5) is 0 Å². The molecule has 5 atom stereocenters. The van der Waals surface area contributed by atoms with E-state index in [0.717, 1.165) is 6.42 Å². The molecule has 140 valence electrons. The standard InChI is InChI=1S/C20H36O4/c1-15(2)16-7-12-18(3,22)10-6-11-19(4,23)13-9-17(21)20(5,24)14-8-16/h6-7,11-12,15-17,21-24H,8-10,13-14H2,1-5H3. The Kier molecular flexibility index (Phi) is 7.24. The van der Waals surface area contributed by atoms with Crippen molar-refractivity contribution in [3.8, 4) is 0 Å². The molecule has 1 aliphatic carbocycles. The van der Waals surface area contributed by atoms with E-state index >= 15 is 0 Å². The first kappa shape index (κ1) is 21.4. The van der Waals surface area contributed by atoms with Crippen LogP contribution in [0.1, 0.15) is 66.7 Å². The summed E-state index contributed by atoms with van der Waals surface area (Å²) in [6.45, 7) is 9.33. The quantitative estimate of drug-likeness (QED) is 0.553. The molecule has 0 saturated carbocycles. The molecule has 0 aliphatic heterocycles. The monoisotopic (exact) mass is 340 g/mol. The van der Waals surface area contributed by atoms with Crippen molar-refractivity contribution in [2.24, 2.45) is 11.8 Å². The minimum Gasteiger partial charge on any atom is -0.390 e. The molecule has 1 aliphatic rings. The Hall–Kier alpha value is -0.680. The Morgan fingerprint density at radius 1 is 0.917 bits per heavy atom. The third-order valence-corrected chi connectivity index (χ3v) is 5.19. The van der Waals surface area contributed by atoms with Gasteiger partial charge in [0.15, 0.2) is 0 Å². The summed E-state index contributed by atoms with van der Waals surface area (Å²) in [6.07, 6.45) is 8.72. The minimum atomic E-state index is -1.19. The lowest BCUT2D eigenvalue weighted by Gasteiger charge is -2.33. The fourth-order valence-corrected chi connectivity index (χ4v) is 3.05. The smallest absolute Gasteiger partial charge is 0.0877 e. The van der Waals surface area contributed by atoms with Gasteiger partial charge in [0.2, 0.25) is 0 Å². The van der Waals surface area contributed by atoms with Crippen LogP contribution in [0.2, 0.25) is 0 Å². The third kappa shape index (κ3) is 7.06. The number of aliphatic hydroxyl groups is 4. The molecule has 24 heavy (non-hydrogen) atoms. The number of hydrogen-bond donors (Lipinski definition) is 4. The highest BCUT2D eigenvalue weighted by Gasteiger charge is 2.33. The Labute approximate surface area is 146 Å². The predicted octanol–water partition coefficient (Wildman–Crippen LogP) is 2.95. The average Bonchev–Trinajstić information content (AvgIpc) is 2.42. The summed E-state index contributed by atoms with van der Waals surface area (Å²) in [6, 6.07) is 0. The normalized spacial score (nSPS) is 42.9. The molecule has 0 spiro atoms. The highest BCUT2D eigenvalue weighted by molar-refractivity contribution is 5.08. The maximum atomic E-state index is 10.6. The molecular weight excluding hydrogens is 304 g/mol. The van der Waals surface area contributed by atoms with Gasteiger partial charge in [0.05, 0.1) is 22.9 Å². The molecule has 1 rings (SSSR count). The van der Waals surface area contributed by atoms with Gasteiger partial charge in [0.1, 0.15) is 0 Å². The van der Waals surface area contributed by atoms with Crippen molar-refractivity contribution in [2.45, 2.75) is 89.6 Å². The number of hydrogen-bond acceptors (Lipinski definition) is 4. The topological polar surface area (TPSA) is 80.9 Å². The van der Waals surface area contributed by atoms with Crippen LogP contribution in [0.15, 0.2) is 24.3 Å². The summed E-state index contributed by atoms with van der Waals surface area (Å²) < 4.78 is 0. The van der Waals surface area contributed by atoms with E-state index in [1.807, 2.05) is 12.2 Å². The van der Waals surface area contributed by atoms with E-state index < -0.39 is 22.9 Å². The van der Waals surface area contributed by atoms with E-state index in [4.69, 9.17) is 0 Å². The van der Waals surface area contributed by atoms with Crippen LogP contribution >= 0.6 is 0 Å². The SMILES string of the molecule is CC(C)C1C=CC(C)(O)CC=CC(C)(O)CCC(O)C(C)(O)CC1. The highest BCUT2D eigenvalue weighted by atomic mass is 16.3. The lowest BCUT2D eigenvalue weighted by atomic mass is 9.81. The summed E-state index contributed by atoms with van der Waals surface area (Å²) in [5, 5.41) is 41.8. The molecule has 0 fully saturated rings. The van der Waals surface area contributed by atoms with Gasteiger partial charge in [-0.05, 0) is 64.7 Å². The van der Waals surface area contributed by atoms with E-state index in [9.17, 15) is 20.4 Å². The Bertz CT molecular complexity index is 447. The van der Waals surface area contributed by atoms with Crippen LogP contribution in [-0.2, 0) is 0 Å². The fraction of sp³-hybridized carbons (Fsp3) is 0.800. The maximum absolute atomic E-state index is 10.6. The number of allylic oxidation sites excluding steroid dienone is 1. The first-order chi connectivity index (χ1) is 10.8. The minimum absolute atomic E-state index is 0.227. The second kappa shape index (κ2) is 8.13. The van der Waals surface area contributed by atoms with Crippen LogP contribution in [0.5, 0.6) is 0 Å². The van der Waals surface area contributed by atoms with Crippen molar-refractivity contribution in [3.63, 3.8) is 0 Å². The number of rotatable bonds is 1. The molecule has 0 amide bonds. The second-order valence-electron chi connectivity index (χ2n) is 8.54. The zero-order valence-corrected chi connectivity index (χ0v) is 15.9. The van der Waals surface area contributed by atoms with Crippen molar-refractivity contribution in [1.82, 2.24) is 0 Å². The molecule has 0 aromatic carbocycles. The lowest BCUT2D eigenvalue weighted by Crippen LogP contribution is -2.41. The number of aliphatic hydroxyl groups excluding tert-OH is 1. The maximum Gasteiger partial charge on any atom is 0.0877 e. The van der Waals surface area contributed by atoms with Gasteiger partial charge < -0.3 is 20.4 Å². The molecule has 5 unspecified atom stereocenters. The highest BCUT2D eigenvalue weighted by Crippen LogP contribution is 2.30. The van der Waals surface area contributed by atoms with Crippen molar-refractivity contribution >= 4 is 0 Å². The predicted molar refractivity (Wildman–Crippen MR) is 97.6 cm³/mol. The van der Waals surface area contributed by atoms with Crippen LogP contribution in [-0.4, -0.2) is 43.3 Å². The van der Waals surface area contributed by atoms with Crippen molar-refractivity contribution in [1.29, 1.82) is 0 Å². The van der Waals surface area contributed by atoms with Gasteiger partial charge in [0, 0.05) is 0 Å². The fourth-order valence-electron chi connectivity index (χ4n) is 3.05. The van der Waals surface area contributed by atoms with Gasteiger partial charge in [-0.3, -0.25) is 0 Å². The van der Waals surface area contributed by atoms with E-state index in [0.29, 0.717) is 31.6 Å². The molecule has 0 bridgehead atoms. The van der Waals surface area contributed by atoms with Crippen LogP contribution in [0, 0.1) is 11.8 Å². The van der Waals surface area contributed by atoms with E-state index in [2.05, 4.69) is 13.8 Å². The van der Waals surface area contributed by atoms with Crippen LogP contribution in [0.3, 0.4) is 0 Å². The van der Waals surface area contributed by atoms with Gasteiger partial charge in [-0.25, -0.2) is 0 Å². The van der Waals surface area contributed by atoms with Crippen molar-refractivity contribution < 1.29 is 20.4 Å². The third-order valence-electron chi connectivity index (χ3n) is 5.19. The molecule has 0 aromatic rings. The Morgan fingerprint density at radius 2 is 1.54 bits per heavy atom. The zero-order chi connectivity index (χ0) is 18.6. The molecule has 4 nitrogen and oxygen atoms in total. The first-order valence-corrected chi connectivity index (χ1v) is 9.07. The van der Waals surface area contributed by atoms with Crippen molar-refractivity contribution in [2.75, 3.05) is 0 Å². The molecule has 0 saturated heterocycles. The van der Waals surface area contributed by atoms with Gasteiger partial charge >= 0.3 is 0 Å². The second-order valence-corrected chi connectivity index (χ2v) is 8.54. The molecule has 0 aromatic heterocycles. The Morgan fingerprint density at radius 3 is 2.12 bits per heavy atom. The Balaban J connectivity index is 3.06. The first-order valence-electron chi connectivity index (χ1n) is 9.07. The largest absolute Gasteiger partial charge is 0.390 e. The molecule has 4 heteroatoms. The summed E-state index contributed by atoms with van der Waals surface area (Å²) in [5.74, 6) is 0.611. The van der Waals surface area contributed by atoms with Crippen molar-refractivity contribution in [3.05, 3.63) is 24.3 Å². The van der Waals surface area contributed by atoms with Gasteiger partial charge in [-0.15, -0.1) is 0 Å². The summed E-state index contributed by atoms with van der Waals surface area (Å²) in [7, 11) is 0. The van der Waals surface area contributed by atoms with E-state index in [-0.39, 0.29) is 5.92 Å². The van der Waals surface area contributed by atoms with Gasteiger partial charge in [-0.2, -0.15) is 0 Å². The average molecular weight is 341 g/mol. The van der Waals surface area contributed by atoms with Gasteiger partial charge in [-0.1, -0.05) is 38.2 Å². The van der Waals surface area contributed by atoms with E-state index in [1.165, 1.54) is 0 Å². The molecule has 0 heterocycles. The van der Waals surface area contributed by atoms with Crippen LogP contribution < -0.4 is 0 Å². The van der Waals surface area contributed by atoms with Gasteiger partial charge in [0.25, 0.3) is 0 Å². The summed E-state index contributed by atoms with van der Waals surface area (Å²) in [5.41, 5.74) is -3.22. The zero-order valence-electron chi connectivity index (χ0n) is 15.9. The van der Waals surface area contributed by atoms with Crippen LogP contribution in [0.25, 0.3) is 0 Å².